The fraction of sp³-hybridized carbons (Fsp3) is 0.556. The molecule has 0 aliphatic carbocycles. The van der Waals surface area contributed by atoms with E-state index >= 15 is 0 Å². The van der Waals surface area contributed by atoms with E-state index in [-0.39, 0.29) is 23.9 Å². The number of benzene rings is 1. The summed E-state index contributed by atoms with van der Waals surface area (Å²) in [6, 6.07) is 6.49. The lowest BCUT2D eigenvalue weighted by Crippen LogP contribution is -2.54. The standard InChI is InChI=1S/C18H24N2O2/c1-13-6-7-14-10-18(2,3)20(11-15(14)9-13)17(22)12-19-8-4-5-16(19)21/h6-7,9H,4-5,8,10-12H2,1-3H3. The highest BCUT2D eigenvalue weighted by Crippen LogP contribution is 2.31. The maximum absolute atomic E-state index is 12.7. The number of likely N-dealkylation sites (tertiary alicyclic amines) is 1. The lowest BCUT2D eigenvalue weighted by atomic mass is 9.85. The van der Waals surface area contributed by atoms with Gasteiger partial charge < -0.3 is 9.80 Å². The molecule has 4 nitrogen and oxygen atoms in total. The van der Waals surface area contributed by atoms with Crippen LogP contribution in [0.2, 0.25) is 0 Å². The van der Waals surface area contributed by atoms with Gasteiger partial charge in [0.15, 0.2) is 0 Å². The quantitative estimate of drug-likeness (QED) is 0.841. The highest BCUT2D eigenvalue weighted by molar-refractivity contribution is 5.86. The molecule has 2 heterocycles. The van der Waals surface area contributed by atoms with Gasteiger partial charge in [-0.05, 0) is 44.7 Å². The molecule has 4 heteroatoms. The van der Waals surface area contributed by atoms with Gasteiger partial charge in [0.2, 0.25) is 11.8 Å². The van der Waals surface area contributed by atoms with E-state index in [9.17, 15) is 9.59 Å². The van der Waals surface area contributed by atoms with Gasteiger partial charge in [-0.2, -0.15) is 0 Å². The van der Waals surface area contributed by atoms with Gasteiger partial charge >= 0.3 is 0 Å². The Hall–Kier alpha value is -1.84. The molecule has 1 aromatic rings. The minimum atomic E-state index is -0.206. The molecule has 0 radical (unpaired) electrons. The molecule has 1 fully saturated rings. The Morgan fingerprint density at radius 1 is 1.27 bits per heavy atom. The van der Waals surface area contributed by atoms with Crippen molar-refractivity contribution in [1.82, 2.24) is 9.80 Å². The highest BCUT2D eigenvalue weighted by Gasteiger charge is 2.37. The summed E-state index contributed by atoms with van der Waals surface area (Å²) in [5.41, 5.74) is 3.58. The fourth-order valence-corrected chi connectivity index (χ4v) is 3.57. The van der Waals surface area contributed by atoms with Crippen LogP contribution in [0.15, 0.2) is 18.2 Å². The zero-order chi connectivity index (χ0) is 15.9. The van der Waals surface area contributed by atoms with Crippen LogP contribution in [-0.2, 0) is 22.6 Å². The fourth-order valence-electron chi connectivity index (χ4n) is 3.57. The van der Waals surface area contributed by atoms with Crippen molar-refractivity contribution in [3.8, 4) is 0 Å². The topological polar surface area (TPSA) is 40.6 Å². The van der Waals surface area contributed by atoms with Gasteiger partial charge in [-0.25, -0.2) is 0 Å². The Morgan fingerprint density at radius 2 is 2.05 bits per heavy atom. The summed E-state index contributed by atoms with van der Waals surface area (Å²) in [4.78, 5) is 28.1. The molecule has 3 rings (SSSR count). The second-order valence-corrected chi connectivity index (χ2v) is 7.16. The van der Waals surface area contributed by atoms with Gasteiger partial charge in [-0.15, -0.1) is 0 Å². The lowest BCUT2D eigenvalue weighted by molar-refractivity contribution is -0.143. The van der Waals surface area contributed by atoms with Crippen molar-refractivity contribution in [2.75, 3.05) is 13.1 Å². The van der Waals surface area contributed by atoms with Crippen LogP contribution in [0, 0.1) is 6.92 Å². The van der Waals surface area contributed by atoms with E-state index in [1.165, 1.54) is 16.7 Å². The van der Waals surface area contributed by atoms with Gasteiger partial charge in [0.1, 0.15) is 0 Å². The van der Waals surface area contributed by atoms with E-state index in [0.29, 0.717) is 19.5 Å². The first kappa shape index (κ1) is 15.1. The summed E-state index contributed by atoms with van der Waals surface area (Å²) in [6.45, 7) is 7.89. The van der Waals surface area contributed by atoms with Gasteiger partial charge in [0.05, 0.1) is 6.54 Å². The molecular weight excluding hydrogens is 276 g/mol. The van der Waals surface area contributed by atoms with Crippen molar-refractivity contribution >= 4 is 11.8 Å². The minimum Gasteiger partial charge on any atom is -0.333 e. The molecule has 0 spiro atoms. The molecule has 2 amide bonds. The van der Waals surface area contributed by atoms with E-state index in [4.69, 9.17) is 0 Å². The van der Waals surface area contributed by atoms with E-state index in [1.807, 2.05) is 4.90 Å². The predicted octanol–water partition coefficient (Wildman–Crippen LogP) is 2.28. The Labute approximate surface area is 132 Å². The number of amides is 2. The third kappa shape index (κ3) is 2.74. The Balaban J connectivity index is 1.80. The lowest BCUT2D eigenvalue weighted by Gasteiger charge is -2.44. The number of carbonyl (C=O) groups excluding carboxylic acids is 2. The Kier molecular flexibility index (Phi) is 3.71. The van der Waals surface area contributed by atoms with E-state index < -0.39 is 0 Å². The first-order valence-corrected chi connectivity index (χ1v) is 8.03. The molecule has 118 valence electrons. The number of fused-ring (bicyclic) bond motifs is 1. The van der Waals surface area contributed by atoms with Crippen molar-refractivity contribution in [3.63, 3.8) is 0 Å². The Morgan fingerprint density at radius 3 is 2.73 bits per heavy atom. The third-order valence-corrected chi connectivity index (χ3v) is 4.84. The molecule has 1 saturated heterocycles. The van der Waals surface area contributed by atoms with Crippen LogP contribution in [-0.4, -0.2) is 40.2 Å². The summed E-state index contributed by atoms with van der Waals surface area (Å²) < 4.78 is 0. The number of carbonyl (C=O) groups is 2. The molecule has 0 bridgehead atoms. The van der Waals surface area contributed by atoms with Crippen LogP contribution in [0.3, 0.4) is 0 Å². The monoisotopic (exact) mass is 300 g/mol. The van der Waals surface area contributed by atoms with Crippen molar-refractivity contribution in [1.29, 1.82) is 0 Å². The number of nitrogens with zero attached hydrogens (tertiary/aromatic N) is 2. The molecule has 0 saturated carbocycles. The van der Waals surface area contributed by atoms with E-state index in [1.54, 1.807) is 4.90 Å². The molecule has 2 aliphatic rings. The summed E-state index contributed by atoms with van der Waals surface area (Å²) in [5, 5.41) is 0. The van der Waals surface area contributed by atoms with Crippen molar-refractivity contribution < 1.29 is 9.59 Å². The molecule has 1 aromatic carbocycles. The molecule has 0 unspecified atom stereocenters. The largest absolute Gasteiger partial charge is 0.333 e. The summed E-state index contributed by atoms with van der Waals surface area (Å²) in [7, 11) is 0. The average Bonchev–Trinajstić information content (AvgIpc) is 2.83. The van der Waals surface area contributed by atoms with Crippen LogP contribution in [0.4, 0.5) is 0 Å². The van der Waals surface area contributed by atoms with Crippen molar-refractivity contribution in [3.05, 3.63) is 34.9 Å². The van der Waals surface area contributed by atoms with Crippen LogP contribution < -0.4 is 0 Å². The zero-order valence-electron chi connectivity index (χ0n) is 13.7. The summed E-state index contributed by atoms with van der Waals surface area (Å²) >= 11 is 0. The zero-order valence-corrected chi connectivity index (χ0v) is 13.7. The van der Waals surface area contributed by atoms with Crippen molar-refractivity contribution in [2.24, 2.45) is 0 Å². The van der Waals surface area contributed by atoms with Gasteiger partial charge in [0.25, 0.3) is 0 Å². The number of aryl methyl sites for hydroxylation is 1. The molecule has 0 N–H and O–H groups in total. The molecule has 0 aromatic heterocycles. The van der Waals surface area contributed by atoms with Crippen LogP contribution in [0.25, 0.3) is 0 Å². The summed E-state index contributed by atoms with van der Waals surface area (Å²) in [6.07, 6.45) is 2.32. The highest BCUT2D eigenvalue weighted by atomic mass is 16.2. The maximum Gasteiger partial charge on any atom is 0.242 e. The SMILES string of the molecule is Cc1ccc2c(c1)CN(C(=O)CN1CCCC1=O)C(C)(C)C2. The number of hydrogen-bond acceptors (Lipinski definition) is 2. The Bertz CT molecular complexity index is 622. The van der Waals surface area contributed by atoms with E-state index in [0.717, 1.165) is 12.8 Å². The first-order chi connectivity index (χ1) is 10.4. The van der Waals surface area contributed by atoms with Crippen LogP contribution in [0.5, 0.6) is 0 Å². The van der Waals surface area contributed by atoms with Crippen LogP contribution >= 0.6 is 0 Å². The number of hydrogen-bond donors (Lipinski definition) is 0. The predicted molar refractivity (Wildman–Crippen MR) is 85.3 cm³/mol. The van der Waals surface area contributed by atoms with Crippen LogP contribution in [0.1, 0.15) is 43.4 Å². The van der Waals surface area contributed by atoms with Gasteiger partial charge in [0, 0.05) is 25.0 Å². The van der Waals surface area contributed by atoms with Gasteiger partial charge in [-0.3, -0.25) is 9.59 Å². The molecule has 2 aliphatic heterocycles. The first-order valence-electron chi connectivity index (χ1n) is 8.03. The van der Waals surface area contributed by atoms with Crippen molar-refractivity contribution in [2.45, 2.75) is 52.1 Å². The van der Waals surface area contributed by atoms with Gasteiger partial charge in [-0.1, -0.05) is 23.8 Å². The average molecular weight is 300 g/mol. The molecule has 0 atom stereocenters. The second-order valence-electron chi connectivity index (χ2n) is 7.16. The normalized spacial score (nSPS) is 20.2. The second kappa shape index (κ2) is 5.41. The molecular formula is C18H24N2O2. The maximum atomic E-state index is 12.7. The molecule has 22 heavy (non-hydrogen) atoms. The third-order valence-electron chi connectivity index (χ3n) is 4.84. The minimum absolute atomic E-state index is 0.0624. The smallest absolute Gasteiger partial charge is 0.242 e. The number of rotatable bonds is 2. The summed E-state index contributed by atoms with van der Waals surface area (Å²) in [5.74, 6) is 0.173. The van der Waals surface area contributed by atoms with E-state index in [2.05, 4.69) is 39.0 Å².